The monoisotopic (exact) mass is 541 g/mol. The van der Waals surface area contributed by atoms with Crippen LogP contribution in [0.5, 0.6) is 0 Å². The summed E-state index contributed by atoms with van der Waals surface area (Å²) in [5.41, 5.74) is 11.8. The lowest BCUT2D eigenvalue weighted by Crippen LogP contribution is -2.10. The molecule has 0 radical (unpaired) electrons. The third-order valence-corrected chi connectivity index (χ3v) is 8.59. The molecule has 0 amide bonds. The van der Waals surface area contributed by atoms with Crippen LogP contribution in [0.4, 0.5) is 0 Å². The first-order valence-electron chi connectivity index (χ1n) is 14.6. The van der Waals surface area contributed by atoms with Gasteiger partial charge in [-0.1, -0.05) is 106 Å². The van der Waals surface area contributed by atoms with Crippen LogP contribution < -0.4 is 0 Å². The van der Waals surface area contributed by atoms with Gasteiger partial charge in [0.15, 0.2) is 0 Å². The Labute approximate surface area is 245 Å². The van der Waals surface area contributed by atoms with Crippen molar-refractivity contribution in [3.8, 4) is 27.9 Å². The topological polar surface area (TPSA) is 18.1 Å². The van der Waals surface area contributed by atoms with Crippen LogP contribution >= 0.6 is 0 Å². The van der Waals surface area contributed by atoms with E-state index < -0.39 is 0 Å². The molecule has 0 N–H and O–H groups in total. The van der Waals surface area contributed by atoms with Gasteiger partial charge < -0.3 is 8.98 Å². The van der Waals surface area contributed by atoms with E-state index in [1.807, 2.05) is 12.1 Å². The van der Waals surface area contributed by atoms with E-state index in [1.54, 1.807) is 0 Å². The predicted octanol–water partition coefficient (Wildman–Crippen LogP) is 11.3. The molecule has 0 unspecified atom stereocenters. The molecule has 202 valence electrons. The van der Waals surface area contributed by atoms with Crippen LogP contribution in [-0.2, 0) is 5.41 Å². The number of benzene rings is 6. The highest BCUT2D eigenvalue weighted by atomic mass is 16.3. The van der Waals surface area contributed by atoms with E-state index in [0.29, 0.717) is 0 Å². The van der Waals surface area contributed by atoms with Crippen molar-refractivity contribution in [2.24, 2.45) is 0 Å². The highest BCUT2D eigenvalue weighted by Crippen LogP contribution is 2.37. The molecule has 42 heavy (non-hydrogen) atoms. The number of hydrogen-bond acceptors (Lipinski definition) is 1. The van der Waals surface area contributed by atoms with E-state index in [-0.39, 0.29) is 5.41 Å². The fraction of sp³-hybridized carbons (Fsp3) is 0.100. The van der Waals surface area contributed by atoms with Crippen molar-refractivity contribution in [2.45, 2.75) is 26.2 Å². The molecule has 2 heteroatoms. The van der Waals surface area contributed by atoms with Gasteiger partial charge in [-0.15, -0.1) is 0 Å². The fourth-order valence-electron chi connectivity index (χ4n) is 6.30. The summed E-state index contributed by atoms with van der Waals surface area (Å²) in [7, 11) is 0. The van der Waals surface area contributed by atoms with Gasteiger partial charge in [-0.2, -0.15) is 0 Å². The van der Waals surface area contributed by atoms with E-state index in [1.165, 1.54) is 49.6 Å². The van der Waals surface area contributed by atoms with Gasteiger partial charge in [-0.3, -0.25) is 0 Å². The second-order valence-corrected chi connectivity index (χ2v) is 12.3. The van der Waals surface area contributed by atoms with Crippen molar-refractivity contribution in [1.29, 1.82) is 0 Å². The number of rotatable bonds is 3. The van der Waals surface area contributed by atoms with Crippen LogP contribution in [0.2, 0.25) is 0 Å². The Bertz CT molecular complexity index is 2260. The van der Waals surface area contributed by atoms with Crippen molar-refractivity contribution in [1.82, 2.24) is 4.57 Å². The molecule has 2 aromatic heterocycles. The third kappa shape index (κ3) is 3.94. The van der Waals surface area contributed by atoms with Gasteiger partial charge in [-0.05, 0) is 81.8 Å². The highest BCUT2D eigenvalue weighted by Gasteiger charge is 2.15. The lowest BCUT2D eigenvalue weighted by Gasteiger charge is -2.19. The number of fused-ring (bicyclic) bond motifs is 6. The number of hydrogen-bond donors (Lipinski definition) is 0. The van der Waals surface area contributed by atoms with E-state index in [4.69, 9.17) is 4.42 Å². The Morgan fingerprint density at radius 1 is 0.452 bits per heavy atom. The average molecular weight is 542 g/mol. The lowest BCUT2D eigenvalue weighted by molar-refractivity contribution is 0.590. The largest absolute Gasteiger partial charge is 0.456 e. The SMILES string of the molecule is CC(C)(C)c1ccc(-c2ccc(-n3c4ccccc4c4cc(-c5ccc6oc7ccccc7c6c5)ccc43)cc2)cc1. The van der Waals surface area contributed by atoms with Crippen molar-refractivity contribution < 1.29 is 4.42 Å². The van der Waals surface area contributed by atoms with Gasteiger partial charge in [0.2, 0.25) is 0 Å². The standard InChI is InChI=1S/C40H31NO/c1-40(2,3)30-18-12-26(13-19-30)27-14-20-31(21-15-27)41-36-10-6-4-8-32(36)34-24-28(16-22-37(34)41)29-17-23-39-35(25-29)33-9-5-7-11-38(33)42-39/h4-25H,1-3H3. The van der Waals surface area contributed by atoms with E-state index in [0.717, 1.165) is 27.6 Å². The molecule has 8 rings (SSSR count). The summed E-state index contributed by atoms with van der Waals surface area (Å²) < 4.78 is 8.46. The first kappa shape index (κ1) is 24.7. The normalized spacial score (nSPS) is 12.2. The van der Waals surface area contributed by atoms with Gasteiger partial charge in [0.05, 0.1) is 11.0 Å². The van der Waals surface area contributed by atoms with E-state index >= 15 is 0 Å². The summed E-state index contributed by atoms with van der Waals surface area (Å²) in [6.07, 6.45) is 0. The minimum atomic E-state index is 0.152. The third-order valence-electron chi connectivity index (χ3n) is 8.59. The Morgan fingerprint density at radius 2 is 1.00 bits per heavy atom. The molecule has 0 spiro atoms. The second kappa shape index (κ2) is 9.22. The molecule has 0 saturated carbocycles. The van der Waals surface area contributed by atoms with Crippen LogP contribution in [-0.4, -0.2) is 4.57 Å². The maximum Gasteiger partial charge on any atom is 0.135 e. The van der Waals surface area contributed by atoms with E-state index in [9.17, 15) is 0 Å². The van der Waals surface area contributed by atoms with Crippen LogP contribution in [0.3, 0.4) is 0 Å². The zero-order chi connectivity index (χ0) is 28.4. The van der Waals surface area contributed by atoms with Crippen LogP contribution in [0, 0.1) is 0 Å². The Kier molecular flexibility index (Phi) is 5.42. The average Bonchev–Trinajstić information content (AvgIpc) is 3.56. The molecule has 0 fully saturated rings. The van der Waals surface area contributed by atoms with Gasteiger partial charge in [0, 0.05) is 27.2 Å². The summed E-state index contributed by atoms with van der Waals surface area (Å²) in [6, 6.07) is 48.3. The molecule has 6 aromatic carbocycles. The Hall–Kier alpha value is -5.08. The van der Waals surface area contributed by atoms with Crippen molar-refractivity contribution in [3.05, 3.63) is 139 Å². The van der Waals surface area contributed by atoms with Crippen LogP contribution in [0.1, 0.15) is 26.3 Å². The van der Waals surface area contributed by atoms with Gasteiger partial charge in [0.1, 0.15) is 11.2 Å². The lowest BCUT2D eigenvalue weighted by atomic mass is 9.86. The number of para-hydroxylation sites is 2. The molecule has 2 nitrogen and oxygen atoms in total. The molecule has 8 aromatic rings. The maximum absolute atomic E-state index is 6.08. The maximum atomic E-state index is 6.08. The fourth-order valence-corrected chi connectivity index (χ4v) is 6.30. The van der Waals surface area contributed by atoms with Gasteiger partial charge >= 0.3 is 0 Å². The number of furan rings is 1. The van der Waals surface area contributed by atoms with Crippen molar-refractivity contribution in [2.75, 3.05) is 0 Å². The quantitative estimate of drug-likeness (QED) is 0.217. The smallest absolute Gasteiger partial charge is 0.135 e. The summed E-state index contributed by atoms with van der Waals surface area (Å²) >= 11 is 0. The van der Waals surface area contributed by atoms with Crippen LogP contribution in [0.25, 0.3) is 71.7 Å². The molecule has 0 bridgehead atoms. The molecular weight excluding hydrogens is 510 g/mol. The minimum Gasteiger partial charge on any atom is -0.456 e. The molecule has 0 aliphatic rings. The zero-order valence-electron chi connectivity index (χ0n) is 24.1. The molecule has 0 aliphatic carbocycles. The summed E-state index contributed by atoms with van der Waals surface area (Å²) in [5, 5.41) is 4.81. The minimum absolute atomic E-state index is 0.152. The molecule has 0 atom stereocenters. The summed E-state index contributed by atoms with van der Waals surface area (Å²) in [5.74, 6) is 0. The van der Waals surface area contributed by atoms with Crippen LogP contribution in [0.15, 0.2) is 138 Å². The molecule has 0 aliphatic heterocycles. The Balaban J connectivity index is 1.22. The number of nitrogens with zero attached hydrogens (tertiary/aromatic N) is 1. The summed E-state index contributed by atoms with van der Waals surface area (Å²) in [6.45, 7) is 6.77. The predicted molar refractivity (Wildman–Crippen MR) is 178 cm³/mol. The highest BCUT2D eigenvalue weighted by molar-refractivity contribution is 6.11. The van der Waals surface area contributed by atoms with Crippen molar-refractivity contribution in [3.63, 3.8) is 0 Å². The molecular formula is C40H31NO. The van der Waals surface area contributed by atoms with Crippen molar-refractivity contribution >= 4 is 43.7 Å². The first-order valence-corrected chi connectivity index (χ1v) is 14.6. The molecule has 2 heterocycles. The van der Waals surface area contributed by atoms with E-state index in [2.05, 4.69) is 147 Å². The number of aromatic nitrogens is 1. The first-order chi connectivity index (χ1) is 20.4. The van der Waals surface area contributed by atoms with Gasteiger partial charge in [-0.25, -0.2) is 0 Å². The summed E-state index contributed by atoms with van der Waals surface area (Å²) in [4.78, 5) is 0. The second-order valence-electron chi connectivity index (χ2n) is 12.3. The molecule has 0 saturated heterocycles. The zero-order valence-corrected chi connectivity index (χ0v) is 24.1. The Morgan fingerprint density at radius 3 is 1.74 bits per heavy atom. The van der Waals surface area contributed by atoms with Gasteiger partial charge in [0.25, 0.3) is 0 Å².